The van der Waals surface area contributed by atoms with Crippen molar-refractivity contribution < 1.29 is 14.7 Å². The van der Waals surface area contributed by atoms with Gasteiger partial charge in [0, 0.05) is 6.20 Å². The number of anilines is 1. The molecule has 0 unspecified atom stereocenters. The summed E-state index contributed by atoms with van der Waals surface area (Å²) < 4.78 is 1.95. The van der Waals surface area contributed by atoms with E-state index in [0.29, 0.717) is 10.0 Å². The number of thiophene rings is 1. The minimum atomic E-state index is -1.22. The molecule has 0 atom stereocenters. The summed E-state index contributed by atoms with van der Waals surface area (Å²) >= 11 is 12.8. The highest BCUT2D eigenvalue weighted by Gasteiger charge is 2.30. The number of hydrogen-bond acceptors (Lipinski definition) is 4. The molecule has 0 spiro atoms. The van der Waals surface area contributed by atoms with Crippen LogP contribution >= 0.6 is 34.5 Å². The Labute approximate surface area is 134 Å². The molecule has 9 heteroatoms. The van der Waals surface area contributed by atoms with Crippen LogP contribution in [0.5, 0.6) is 0 Å². The first-order valence-electron chi connectivity index (χ1n) is 5.76. The topological polar surface area (TPSA) is 84.2 Å². The van der Waals surface area contributed by atoms with Crippen LogP contribution in [-0.2, 0) is 10.3 Å². The third-order valence-corrected chi connectivity index (χ3v) is 4.33. The summed E-state index contributed by atoms with van der Waals surface area (Å²) in [5.41, 5.74) is -0.587. The highest BCUT2D eigenvalue weighted by Crippen LogP contribution is 2.31. The van der Waals surface area contributed by atoms with E-state index in [2.05, 4.69) is 10.4 Å². The second-order valence-corrected chi connectivity index (χ2v) is 7.02. The summed E-state index contributed by atoms with van der Waals surface area (Å²) in [7, 11) is 0. The summed E-state index contributed by atoms with van der Waals surface area (Å²) in [6.45, 7) is 3.01. The summed E-state index contributed by atoms with van der Waals surface area (Å²) in [5, 5.41) is 15.7. The van der Waals surface area contributed by atoms with E-state index in [1.165, 1.54) is 37.0 Å². The number of nitrogens with one attached hydrogen (secondary N) is 1. The summed E-state index contributed by atoms with van der Waals surface area (Å²) in [4.78, 5) is 23.2. The average Bonchev–Trinajstić information content (AvgIpc) is 2.96. The highest BCUT2D eigenvalue weighted by atomic mass is 35.5. The molecular weight excluding hydrogens is 337 g/mol. The molecule has 2 aromatic heterocycles. The standard InChI is InChI=1S/C12H11Cl2N3O3S/c1-12(2,11(19)20)17-5-6(4-15-17)16-10(18)7-3-8(13)21-9(7)14/h3-5H,1-2H3,(H,16,18)(H,19,20). The van der Waals surface area contributed by atoms with Gasteiger partial charge in [0.05, 0.1) is 21.8 Å². The lowest BCUT2D eigenvalue weighted by Crippen LogP contribution is -2.35. The molecule has 0 aliphatic rings. The van der Waals surface area contributed by atoms with E-state index in [1.54, 1.807) is 0 Å². The molecule has 0 saturated carbocycles. The fourth-order valence-corrected chi connectivity index (χ4v) is 2.94. The Morgan fingerprint density at radius 3 is 2.62 bits per heavy atom. The first kappa shape index (κ1) is 15.8. The molecule has 0 aromatic carbocycles. The lowest BCUT2D eigenvalue weighted by atomic mass is 10.1. The average molecular weight is 348 g/mol. The van der Waals surface area contributed by atoms with Crippen LogP contribution in [-0.4, -0.2) is 26.8 Å². The Hall–Kier alpha value is -1.57. The van der Waals surface area contributed by atoms with Crippen molar-refractivity contribution in [3.8, 4) is 0 Å². The monoisotopic (exact) mass is 347 g/mol. The van der Waals surface area contributed by atoms with E-state index < -0.39 is 17.4 Å². The number of halogens is 2. The Balaban J connectivity index is 2.18. The lowest BCUT2D eigenvalue weighted by molar-refractivity contribution is -0.146. The molecule has 2 aromatic rings. The molecule has 6 nitrogen and oxygen atoms in total. The lowest BCUT2D eigenvalue weighted by Gasteiger charge is -2.19. The molecule has 2 N–H and O–H groups in total. The normalized spacial score (nSPS) is 11.4. The SMILES string of the molecule is CC(C)(C(=O)O)n1cc(NC(=O)c2cc(Cl)sc2Cl)cn1. The molecule has 2 rings (SSSR count). The second kappa shape index (κ2) is 5.67. The van der Waals surface area contributed by atoms with Gasteiger partial charge < -0.3 is 10.4 Å². The molecule has 0 radical (unpaired) electrons. The minimum Gasteiger partial charge on any atom is -0.479 e. The van der Waals surface area contributed by atoms with Crippen LogP contribution in [0.25, 0.3) is 0 Å². The third kappa shape index (κ3) is 3.20. The minimum absolute atomic E-state index is 0.261. The third-order valence-electron chi connectivity index (χ3n) is 2.84. The van der Waals surface area contributed by atoms with Crippen LogP contribution in [0.2, 0.25) is 8.67 Å². The van der Waals surface area contributed by atoms with Crippen molar-refractivity contribution in [1.29, 1.82) is 0 Å². The summed E-state index contributed by atoms with van der Waals surface area (Å²) in [5.74, 6) is -1.47. The Morgan fingerprint density at radius 2 is 2.10 bits per heavy atom. The van der Waals surface area contributed by atoms with Crippen LogP contribution in [0.3, 0.4) is 0 Å². The molecule has 0 fully saturated rings. The van der Waals surface area contributed by atoms with Gasteiger partial charge in [0.2, 0.25) is 0 Å². The number of hydrogen-bond donors (Lipinski definition) is 2. The first-order chi connectivity index (χ1) is 9.71. The largest absolute Gasteiger partial charge is 0.479 e. The van der Waals surface area contributed by atoms with Crippen LogP contribution in [0.1, 0.15) is 24.2 Å². The van der Waals surface area contributed by atoms with Crippen molar-refractivity contribution in [2.45, 2.75) is 19.4 Å². The fraction of sp³-hybridized carbons (Fsp3) is 0.250. The Morgan fingerprint density at radius 1 is 1.43 bits per heavy atom. The molecule has 112 valence electrons. The van der Waals surface area contributed by atoms with Gasteiger partial charge in [-0.05, 0) is 19.9 Å². The van der Waals surface area contributed by atoms with Gasteiger partial charge in [-0.15, -0.1) is 11.3 Å². The van der Waals surface area contributed by atoms with Crippen molar-refractivity contribution in [2.24, 2.45) is 0 Å². The predicted molar refractivity (Wildman–Crippen MR) is 81.5 cm³/mol. The number of carbonyl (C=O) groups excluding carboxylic acids is 1. The van der Waals surface area contributed by atoms with Crippen molar-refractivity contribution in [3.63, 3.8) is 0 Å². The van der Waals surface area contributed by atoms with Gasteiger partial charge in [-0.3, -0.25) is 9.48 Å². The van der Waals surface area contributed by atoms with E-state index in [9.17, 15) is 9.59 Å². The van der Waals surface area contributed by atoms with E-state index in [-0.39, 0.29) is 9.90 Å². The zero-order chi connectivity index (χ0) is 15.8. The Bertz CT molecular complexity index is 708. The van der Waals surface area contributed by atoms with Crippen LogP contribution < -0.4 is 5.32 Å². The maximum Gasteiger partial charge on any atom is 0.331 e. The van der Waals surface area contributed by atoms with Gasteiger partial charge in [-0.25, -0.2) is 4.79 Å². The summed E-state index contributed by atoms with van der Waals surface area (Å²) in [6.07, 6.45) is 2.80. The molecule has 21 heavy (non-hydrogen) atoms. The van der Waals surface area contributed by atoms with Gasteiger partial charge in [-0.2, -0.15) is 5.10 Å². The maximum absolute atomic E-state index is 12.0. The molecule has 2 heterocycles. The smallest absolute Gasteiger partial charge is 0.331 e. The Kier molecular flexibility index (Phi) is 4.27. The van der Waals surface area contributed by atoms with Crippen LogP contribution in [0.15, 0.2) is 18.5 Å². The second-order valence-electron chi connectivity index (χ2n) is 4.73. The van der Waals surface area contributed by atoms with Crippen molar-refractivity contribution in [3.05, 3.63) is 32.7 Å². The van der Waals surface area contributed by atoms with Gasteiger partial charge in [-0.1, -0.05) is 23.2 Å². The van der Waals surface area contributed by atoms with Crippen molar-refractivity contribution >= 4 is 52.1 Å². The van der Waals surface area contributed by atoms with E-state index in [4.69, 9.17) is 28.3 Å². The number of aromatic nitrogens is 2. The number of carbonyl (C=O) groups is 2. The van der Waals surface area contributed by atoms with E-state index in [0.717, 1.165) is 11.3 Å². The van der Waals surface area contributed by atoms with Crippen LogP contribution in [0.4, 0.5) is 5.69 Å². The van der Waals surface area contributed by atoms with E-state index >= 15 is 0 Å². The predicted octanol–water partition coefficient (Wildman–Crippen LogP) is 3.32. The van der Waals surface area contributed by atoms with Crippen molar-refractivity contribution in [2.75, 3.05) is 5.32 Å². The van der Waals surface area contributed by atoms with Gasteiger partial charge >= 0.3 is 5.97 Å². The molecule has 0 bridgehead atoms. The number of nitrogens with zero attached hydrogens (tertiary/aromatic N) is 2. The first-order valence-corrected chi connectivity index (χ1v) is 7.34. The van der Waals surface area contributed by atoms with E-state index in [1.807, 2.05) is 0 Å². The molecular formula is C12H11Cl2N3O3S. The maximum atomic E-state index is 12.0. The van der Waals surface area contributed by atoms with Gasteiger partial charge in [0.1, 0.15) is 4.34 Å². The van der Waals surface area contributed by atoms with Crippen molar-refractivity contribution in [1.82, 2.24) is 9.78 Å². The highest BCUT2D eigenvalue weighted by molar-refractivity contribution is 7.20. The fourth-order valence-electron chi connectivity index (χ4n) is 1.48. The zero-order valence-electron chi connectivity index (χ0n) is 11.1. The van der Waals surface area contributed by atoms with Gasteiger partial charge in [0.25, 0.3) is 5.91 Å². The quantitative estimate of drug-likeness (QED) is 0.888. The molecule has 0 saturated heterocycles. The van der Waals surface area contributed by atoms with Crippen LogP contribution in [0, 0.1) is 0 Å². The van der Waals surface area contributed by atoms with Gasteiger partial charge in [0.15, 0.2) is 5.54 Å². The number of amides is 1. The number of carboxylic acids is 1. The zero-order valence-corrected chi connectivity index (χ0v) is 13.4. The molecule has 0 aliphatic heterocycles. The molecule has 0 aliphatic carbocycles. The summed E-state index contributed by atoms with van der Waals surface area (Å²) in [6, 6.07) is 1.47. The molecule has 1 amide bonds. The number of carboxylic acid groups (broad SMARTS) is 1. The number of rotatable bonds is 4. The number of aliphatic carboxylic acids is 1.